The zero-order valence-electron chi connectivity index (χ0n) is 41.2. The van der Waals surface area contributed by atoms with E-state index in [-0.39, 0.29) is 40.2 Å². The van der Waals surface area contributed by atoms with Gasteiger partial charge in [0.25, 0.3) is 5.91 Å². The lowest BCUT2D eigenvalue weighted by Gasteiger charge is -2.29. The number of benzene rings is 5. The molecule has 0 aliphatic heterocycles. The van der Waals surface area contributed by atoms with Gasteiger partial charge in [-0.1, -0.05) is 162 Å². The fourth-order valence-corrected chi connectivity index (χ4v) is 8.84. The Morgan fingerprint density at radius 1 is 0.476 bits per heavy atom. The van der Waals surface area contributed by atoms with E-state index in [2.05, 4.69) is 137 Å². The molecule has 0 heterocycles. The Morgan fingerprint density at radius 3 is 1.00 bits per heavy atom. The lowest BCUT2D eigenvalue weighted by molar-refractivity contribution is -0.123. The zero-order valence-corrected chi connectivity index (χ0v) is 41.2. The average Bonchev–Trinajstić information content (AvgIpc) is 3.18. The van der Waals surface area contributed by atoms with Crippen LogP contribution in [0.25, 0.3) is 0 Å². The summed E-state index contributed by atoms with van der Waals surface area (Å²) in [5, 5.41) is 3.18. The highest BCUT2D eigenvalue weighted by Crippen LogP contribution is 2.44. The van der Waals surface area contributed by atoms with Crippen molar-refractivity contribution in [1.82, 2.24) is 5.32 Å². The van der Waals surface area contributed by atoms with Crippen LogP contribution in [0.1, 0.15) is 168 Å². The molecule has 8 bridgehead atoms. The maximum atomic E-state index is 13.8. The van der Waals surface area contributed by atoms with Crippen molar-refractivity contribution in [3.63, 3.8) is 0 Å². The summed E-state index contributed by atoms with van der Waals surface area (Å²) in [7, 11) is 5.36. The van der Waals surface area contributed by atoms with Crippen LogP contribution in [-0.4, -0.2) is 33.8 Å². The van der Waals surface area contributed by atoms with Crippen molar-refractivity contribution in [2.45, 2.75) is 143 Å². The Bertz CT molecular complexity index is 2330. The molecule has 1 aliphatic carbocycles. The van der Waals surface area contributed by atoms with E-state index in [9.17, 15) is 4.79 Å². The molecule has 6 nitrogen and oxygen atoms in total. The third-order valence-corrected chi connectivity index (χ3v) is 12.6. The van der Waals surface area contributed by atoms with Gasteiger partial charge in [-0.2, -0.15) is 0 Å². The number of rotatable bonds is 8. The largest absolute Gasteiger partial charge is 0.496 e. The summed E-state index contributed by atoms with van der Waals surface area (Å²) in [5.74, 6) is 3.13. The second-order valence-electron chi connectivity index (χ2n) is 21.8. The molecular formula is C57H73NO5. The van der Waals surface area contributed by atoms with Crippen LogP contribution < -0.4 is 24.3 Å². The zero-order chi connectivity index (χ0) is 46.2. The van der Waals surface area contributed by atoms with Crippen molar-refractivity contribution in [3.8, 4) is 23.0 Å². The number of nitrogens with one attached hydrogen (secondary N) is 1. The summed E-state index contributed by atoms with van der Waals surface area (Å²) >= 11 is 0. The van der Waals surface area contributed by atoms with Gasteiger partial charge in [0.1, 0.15) is 23.0 Å². The molecule has 5 aromatic rings. The fourth-order valence-electron chi connectivity index (χ4n) is 8.84. The molecule has 1 amide bonds. The first-order valence-electron chi connectivity index (χ1n) is 22.7. The summed E-state index contributed by atoms with van der Waals surface area (Å²) in [4.78, 5) is 13.8. The van der Waals surface area contributed by atoms with Crippen molar-refractivity contribution < 1.29 is 23.7 Å². The van der Waals surface area contributed by atoms with Gasteiger partial charge in [-0.05, 0) is 101 Å². The van der Waals surface area contributed by atoms with Crippen LogP contribution in [0.3, 0.4) is 0 Å². The van der Waals surface area contributed by atoms with Crippen LogP contribution in [0, 0.1) is 0 Å². The van der Waals surface area contributed by atoms with Gasteiger partial charge in [-0.3, -0.25) is 4.79 Å². The van der Waals surface area contributed by atoms with Gasteiger partial charge in [0, 0.05) is 25.7 Å². The number of amides is 1. The van der Waals surface area contributed by atoms with Crippen molar-refractivity contribution in [3.05, 3.63) is 151 Å². The van der Waals surface area contributed by atoms with E-state index < -0.39 is 0 Å². The van der Waals surface area contributed by atoms with Gasteiger partial charge >= 0.3 is 0 Å². The van der Waals surface area contributed by atoms with E-state index in [0.717, 1.165) is 67.3 Å². The number of carbonyl (C=O) groups is 1. The number of ether oxygens (including phenoxy) is 4. The first kappa shape index (κ1) is 47.3. The molecule has 1 aliphatic rings. The molecule has 0 saturated carbocycles. The molecule has 6 rings (SSSR count). The molecule has 5 aromatic carbocycles. The lowest BCUT2D eigenvalue weighted by Crippen LogP contribution is -2.31. The average molecular weight is 852 g/mol. The lowest BCUT2D eigenvalue weighted by atomic mass is 9.79. The minimum atomic E-state index is -0.181. The van der Waals surface area contributed by atoms with Gasteiger partial charge in [0.2, 0.25) is 0 Å². The highest BCUT2D eigenvalue weighted by Gasteiger charge is 2.29. The van der Waals surface area contributed by atoms with E-state index in [1.165, 1.54) is 22.3 Å². The van der Waals surface area contributed by atoms with Gasteiger partial charge < -0.3 is 24.3 Å². The highest BCUT2D eigenvalue weighted by atomic mass is 16.5. The highest BCUT2D eigenvalue weighted by molar-refractivity contribution is 5.78. The molecule has 6 heteroatoms. The first-order valence-corrected chi connectivity index (χ1v) is 22.7. The van der Waals surface area contributed by atoms with E-state index >= 15 is 0 Å². The quantitative estimate of drug-likeness (QED) is 0.165. The van der Waals surface area contributed by atoms with Crippen LogP contribution in [0.4, 0.5) is 0 Å². The topological polar surface area (TPSA) is 66.0 Å². The normalized spacial score (nSPS) is 13.8. The van der Waals surface area contributed by atoms with Crippen LogP contribution in [0.5, 0.6) is 23.0 Å². The Hall–Kier alpha value is -5.23. The first-order chi connectivity index (χ1) is 29.4. The van der Waals surface area contributed by atoms with Gasteiger partial charge in [-0.25, -0.2) is 0 Å². The van der Waals surface area contributed by atoms with E-state index in [1.807, 2.05) is 37.3 Å². The van der Waals surface area contributed by atoms with Gasteiger partial charge in [-0.15, -0.1) is 0 Å². The number of hydrogen-bond acceptors (Lipinski definition) is 5. The molecule has 0 aromatic heterocycles. The molecule has 0 unspecified atom stereocenters. The molecule has 0 saturated heterocycles. The molecule has 63 heavy (non-hydrogen) atoms. The summed E-state index contributed by atoms with van der Waals surface area (Å²) in [5.41, 5.74) is 13.9. The smallest absolute Gasteiger partial charge is 0.258 e. The van der Waals surface area contributed by atoms with Crippen LogP contribution in [0.15, 0.2) is 78.9 Å². The Kier molecular flexibility index (Phi) is 13.6. The third-order valence-electron chi connectivity index (χ3n) is 12.6. The van der Waals surface area contributed by atoms with E-state index in [1.54, 1.807) is 21.3 Å². The second-order valence-corrected chi connectivity index (χ2v) is 21.8. The SMILES string of the molecule is COc1c2cc(C(C)(C)C)cc1Cc1cc(C(C)(C)C)cc(c1OC)Cc1cc(C(C)(C)C)cc(c1OCC(=O)N[C@@H](C)c1ccccc1)Cc1cc(C(C)(C)C)cc(c1OC)C2. The number of methoxy groups -OCH3 is 3. The minimum absolute atomic E-state index is 0.109. The van der Waals surface area contributed by atoms with Crippen molar-refractivity contribution in [2.75, 3.05) is 27.9 Å². The number of fused-ring (bicyclic) bond motifs is 8. The van der Waals surface area contributed by atoms with Crippen LogP contribution in [-0.2, 0) is 52.1 Å². The van der Waals surface area contributed by atoms with E-state index in [0.29, 0.717) is 31.4 Å². The fraction of sp³-hybridized carbons (Fsp3) is 0.456. The summed E-state index contributed by atoms with van der Waals surface area (Å²) in [6.45, 7) is 29.1. The van der Waals surface area contributed by atoms with Gasteiger partial charge in [0.15, 0.2) is 6.61 Å². The predicted molar refractivity (Wildman–Crippen MR) is 260 cm³/mol. The Labute approximate surface area is 379 Å². The minimum Gasteiger partial charge on any atom is -0.496 e. The van der Waals surface area contributed by atoms with Crippen molar-refractivity contribution >= 4 is 5.91 Å². The number of carbonyl (C=O) groups excluding carboxylic acids is 1. The van der Waals surface area contributed by atoms with E-state index in [4.69, 9.17) is 18.9 Å². The Balaban J connectivity index is 1.68. The molecule has 0 spiro atoms. The number of hydrogen-bond donors (Lipinski definition) is 1. The monoisotopic (exact) mass is 852 g/mol. The molecule has 336 valence electrons. The van der Waals surface area contributed by atoms with Crippen LogP contribution >= 0.6 is 0 Å². The summed E-state index contributed by atoms with van der Waals surface area (Å²) in [6.07, 6.45) is 2.29. The van der Waals surface area contributed by atoms with Crippen molar-refractivity contribution in [2.24, 2.45) is 0 Å². The maximum Gasteiger partial charge on any atom is 0.258 e. The van der Waals surface area contributed by atoms with Crippen molar-refractivity contribution in [1.29, 1.82) is 0 Å². The molecule has 1 atom stereocenters. The summed E-state index contributed by atoms with van der Waals surface area (Å²) in [6, 6.07) is 28.3. The van der Waals surface area contributed by atoms with Gasteiger partial charge in [0.05, 0.1) is 27.4 Å². The maximum absolute atomic E-state index is 13.8. The summed E-state index contributed by atoms with van der Waals surface area (Å²) < 4.78 is 26.2. The standard InChI is InChI=1S/C57H73NO5/c1-35(36-20-18-17-19-21-36)58-49(59)34-63-53-43-24-41-30-46(55(5,6)7)28-39(51(41)61-15)22-37-26-45(54(2,3)4)27-38(50(37)60-14)23-40-29-47(56(8,9)10)31-42(52(40)62-16)25-44(53)33-48(32-43)57(11,12)13/h17-21,26-33,35H,22-25,34H2,1-16H3,(H,58,59)/t35-/m0/s1. The molecule has 0 fully saturated rings. The molecule has 1 N–H and O–H groups in total. The Morgan fingerprint density at radius 2 is 0.746 bits per heavy atom. The third kappa shape index (κ3) is 10.8. The molecular weight excluding hydrogens is 779 g/mol. The second kappa shape index (κ2) is 18.1. The molecule has 0 radical (unpaired) electrons. The van der Waals surface area contributed by atoms with Crippen LogP contribution in [0.2, 0.25) is 0 Å². The predicted octanol–water partition coefficient (Wildman–Crippen LogP) is 12.8.